The molecule has 9 nitrogen and oxygen atoms in total. The lowest BCUT2D eigenvalue weighted by molar-refractivity contribution is -0.120. The Morgan fingerprint density at radius 2 is 1.86 bits per heavy atom. The maximum Gasteiger partial charge on any atom is 0.343 e. The summed E-state index contributed by atoms with van der Waals surface area (Å²) >= 11 is 2.56. The SMILES string of the molecule is CCC(CC)C(=O)Nc1nnc(SCc2cc(=O)c(OC(=O)c3ccc(OC(C)C)cc3)co2)s1. The van der Waals surface area contributed by atoms with Crippen molar-refractivity contribution in [2.24, 2.45) is 5.92 Å². The summed E-state index contributed by atoms with van der Waals surface area (Å²) < 4.78 is 16.8. The van der Waals surface area contributed by atoms with Crippen LogP contribution in [0.15, 0.2) is 50.1 Å². The number of nitrogens with zero attached hydrogens (tertiary/aromatic N) is 2. The Kier molecular flexibility index (Phi) is 9.44. The molecule has 0 atom stereocenters. The van der Waals surface area contributed by atoms with Crippen LogP contribution in [0, 0.1) is 5.92 Å². The number of esters is 1. The van der Waals surface area contributed by atoms with Crippen molar-refractivity contribution in [2.45, 2.75) is 56.7 Å². The van der Waals surface area contributed by atoms with Gasteiger partial charge in [0, 0.05) is 12.0 Å². The van der Waals surface area contributed by atoms with Crippen LogP contribution in [-0.2, 0) is 10.5 Å². The maximum absolute atomic E-state index is 12.4. The summed E-state index contributed by atoms with van der Waals surface area (Å²) in [6.07, 6.45) is 2.65. The minimum absolute atomic E-state index is 0.0169. The average Bonchev–Trinajstić information content (AvgIpc) is 3.27. The Labute approximate surface area is 211 Å². The molecule has 3 aromatic rings. The van der Waals surface area contributed by atoms with Gasteiger partial charge in [0.1, 0.15) is 17.8 Å². The summed E-state index contributed by atoms with van der Waals surface area (Å²) in [5.74, 6) is 0.326. The standard InChI is InChI=1S/C24H27N3O6S2/c1-5-15(6-2)21(29)25-23-26-27-24(35-23)34-13-18-11-19(28)20(12-31-18)33-22(30)16-7-9-17(10-8-16)32-14(3)4/h7-12,14-15H,5-6,13H2,1-4H3,(H,25,26,29). The van der Waals surface area contributed by atoms with Crippen LogP contribution in [0.25, 0.3) is 0 Å². The number of ether oxygens (including phenoxy) is 2. The quantitative estimate of drug-likeness (QED) is 0.209. The number of hydrogen-bond acceptors (Lipinski definition) is 10. The Hall–Kier alpha value is -3.18. The van der Waals surface area contributed by atoms with E-state index in [9.17, 15) is 14.4 Å². The number of aromatic nitrogens is 2. The van der Waals surface area contributed by atoms with Crippen LogP contribution in [0.2, 0.25) is 0 Å². The fourth-order valence-electron chi connectivity index (χ4n) is 3.01. The molecule has 0 bridgehead atoms. The van der Waals surface area contributed by atoms with Crippen LogP contribution in [0.1, 0.15) is 56.7 Å². The topological polar surface area (TPSA) is 121 Å². The van der Waals surface area contributed by atoms with E-state index < -0.39 is 11.4 Å². The highest BCUT2D eigenvalue weighted by Gasteiger charge is 2.17. The van der Waals surface area contributed by atoms with Crippen molar-refractivity contribution in [2.75, 3.05) is 5.32 Å². The molecule has 0 fully saturated rings. The number of carbonyl (C=O) groups is 2. The normalized spacial score (nSPS) is 11.0. The van der Waals surface area contributed by atoms with Crippen LogP contribution in [0.3, 0.4) is 0 Å². The Morgan fingerprint density at radius 1 is 1.14 bits per heavy atom. The van der Waals surface area contributed by atoms with Gasteiger partial charge in [-0.2, -0.15) is 0 Å². The largest absolute Gasteiger partial charge is 0.491 e. The molecule has 0 spiro atoms. The van der Waals surface area contributed by atoms with Crippen molar-refractivity contribution in [3.8, 4) is 11.5 Å². The molecule has 0 aliphatic heterocycles. The molecular weight excluding hydrogens is 490 g/mol. The summed E-state index contributed by atoms with van der Waals surface area (Å²) in [5, 5.41) is 11.3. The van der Waals surface area contributed by atoms with E-state index in [1.165, 1.54) is 29.2 Å². The monoisotopic (exact) mass is 517 g/mol. The third-order valence-corrected chi connectivity index (χ3v) is 6.84. The number of thioether (sulfide) groups is 1. The van der Waals surface area contributed by atoms with Crippen LogP contribution in [-0.4, -0.2) is 28.2 Å². The van der Waals surface area contributed by atoms with Gasteiger partial charge < -0.3 is 19.2 Å². The van der Waals surface area contributed by atoms with Crippen molar-refractivity contribution < 1.29 is 23.5 Å². The van der Waals surface area contributed by atoms with E-state index in [2.05, 4.69) is 15.5 Å². The predicted octanol–water partition coefficient (Wildman–Crippen LogP) is 5.16. The van der Waals surface area contributed by atoms with Gasteiger partial charge >= 0.3 is 5.97 Å². The lowest BCUT2D eigenvalue weighted by Crippen LogP contribution is -2.21. The van der Waals surface area contributed by atoms with Gasteiger partial charge in [-0.05, 0) is 51.0 Å². The number of nitrogens with one attached hydrogen (secondary N) is 1. The average molecular weight is 518 g/mol. The molecule has 1 N–H and O–H groups in total. The van der Waals surface area contributed by atoms with E-state index >= 15 is 0 Å². The summed E-state index contributed by atoms with van der Waals surface area (Å²) in [6, 6.07) is 7.73. The number of benzene rings is 1. The highest BCUT2D eigenvalue weighted by Crippen LogP contribution is 2.29. The fraction of sp³-hybridized carbons (Fsp3) is 0.375. The van der Waals surface area contributed by atoms with Crippen molar-refractivity contribution in [1.82, 2.24) is 10.2 Å². The Morgan fingerprint density at radius 3 is 2.49 bits per heavy atom. The zero-order valence-electron chi connectivity index (χ0n) is 19.9. The first-order valence-corrected chi connectivity index (χ1v) is 13.0. The summed E-state index contributed by atoms with van der Waals surface area (Å²) in [4.78, 5) is 36.9. The number of hydrogen-bond donors (Lipinski definition) is 1. The number of carbonyl (C=O) groups excluding carboxylic acids is 2. The molecule has 3 rings (SSSR count). The van der Waals surface area contributed by atoms with Gasteiger partial charge in [-0.25, -0.2) is 4.79 Å². The third-order valence-electron chi connectivity index (χ3n) is 4.85. The zero-order valence-corrected chi connectivity index (χ0v) is 21.5. The molecular formula is C24H27N3O6S2. The summed E-state index contributed by atoms with van der Waals surface area (Å²) in [5.41, 5.74) is -0.196. The maximum atomic E-state index is 12.4. The van der Waals surface area contributed by atoms with Crippen LogP contribution in [0.5, 0.6) is 11.5 Å². The molecule has 1 aromatic carbocycles. The molecule has 0 radical (unpaired) electrons. The first-order chi connectivity index (χ1) is 16.8. The van der Waals surface area contributed by atoms with Gasteiger partial charge in [0.25, 0.3) is 0 Å². The zero-order chi connectivity index (χ0) is 25.4. The van der Waals surface area contributed by atoms with E-state index in [4.69, 9.17) is 13.9 Å². The minimum atomic E-state index is -0.674. The molecule has 2 heterocycles. The second-order valence-corrected chi connectivity index (χ2v) is 10.0. The molecule has 35 heavy (non-hydrogen) atoms. The van der Waals surface area contributed by atoms with Crippen molar-refractivity contribution in [3.63, 3.8) is 0 Å². The van der Waals surface area contributed by atoms with Gasteiger partial charge in [-0.15, -0.1) is 10.2 Å². The first-order valence-electron chi connectivity index (χ1n) is 11.2. The number of rotatable bonds is 11. The van der Waals surface area contributed by atoms with Gasteiger partial charge in [0.15, 0.2) is 4.34 Å². The molecule has 0 unspecified atom stereocenters. The Balaban J connectivity index is 1.55. The molecule has 11 heteroatoms. The van der Waals surface area contributed by atoms with Gasteiger partial charge in [0.05, 0.1) is 17.4 Å². The van der Waals surface area contributed by atoms with Crippen LogP contribution < -0.4 is 20.2 Å². The molecule has 2 aromatic heterocycles. The minimum Gasteiger partial charge on any atom is -0.491 e. The molecule has 186 valence electrons. The Bertz CT molecular complexity index is 1200. The van der Waals surface area contributed by atoms with E-state index in [1.54, 1.807) is 24.3 Å². The van der Waals surface area contributed by atoms with Crippen LogP contribution >= 0.6 is 23.1 Å². The molecule has 0 aliphatic carbocycles. The fourth-order valence-corrected chi connectivity index (χ4v) is 4.65. The second kappa shape index (κ2) is 12.5. The van der Waals surface area contributed by atoms with Crippen LogP contribution in [0.4, 0.5) is 5.13 Å². The van der Waals surface area contributed by atoms with Crippen molar-refractivity contribution in [1.29, 1.82) is 0 Å². The summed E-state index contributed by atoms with van der Waals surface area (Å²) in [6.45, 7) is 7.75. The number of amides is 1. The third kappa shape index (κ3) is 7.66. The van der Waals surface area contributed by atoms with E-state index in [0.717, 1.165) is 19.1 Å². The highest BCUT2D eigenvalue weighted by molar-refractivity contribution is 8.00. The molecule has 0 saturated heterocycles. The summed E-state index contributed by atoms with van der Waals surface area (Å²) in [7, 11) is 0. The molecule has 1 amide bonds. The van der Waals surface area contributed by atoms with Crippen molar-refractivity contribution >= 4 is 40.1 Å². The van der Waals surface area contributed by atoms with E-state index in [1.807, 2.05) is 27.7 Å². The van der Waals surface area contributed by atoms with Gasteiger partial charge in [-0.3, -0.25) is 9.59 Å². The number of anilines is 1. The van der Waals surface area contributed by atoms with Gasteiger partial charge in [-0.1, -0.05) is 36.9 Å². The first kappa shape index (κ1) is 26.4. The molecule has 0 aliphatic rings. The predicted molar refractivity (Wildman–Crippen MR) is 134 cm³/mol. The van der Waals surface area contributed by atoms with Gasteiger partial charge in [0.2, 0.25) is 22.2 Å². The smallest absolute Gasteiger partial charge is 0.343 e. The van der Waals surface area contributed by atoms with E-state index in [-0.39, 0.29) is 29.2 Å². The lowest BCUT2D eigenvalue weighted by atomic mass is 10.0. The van der Waals surface area contributed by atoms with E-state index in [0.29, 0.717) is 26.7 Å². The van der Waals surface area contributed by atoms with Crippen molar-refractivity contribution in [3.05, 3.63) is 58.1 Å². The highest BCUT2D eigenvalue weighted by atomic mass is 32.2. The second-order valence-electron chi connectivity index (χ2n) is 7.82. The lowest BCUT2D eigenvalue weighted by Gasteiger charge is -2.10. The molecule has 0 saturated carbocycles.